The maximum Gasteiger partial charge on any atom is 0.573 e. The van der Waals surface area contributed by atoms with Crippen LogP contribution in [0.5, 0.6) is 5.75 Å². The van der Waals surface area contributed by atoms with E-state index in [1.165, 1.54) is 0 Å². The fourth-order valence-electron chi connectivity index (χ4n) is 0.831. The molecule has 90 valence electrons. The van der Waals surface area contributed by atoms with E-state index in [1.54, 1.807) is 0 Å². The number of pyridine rings is 1. The molecule has 1 rings (SSSR count). The predicted octanol–water partition coefficient (Wildman–Crippen LogP) is 4.33. The molecule has 0 bridgehead atoms. The van der Waals surface area contributed by atoms with Crippen molar-refractivity contribution in [1.82, 2.24) is 4.98 Å². The SMILES string of the molecule is FC(F)c1ncc(Cl)c(Br)c1OC(F)(F)F. The largest absolute Gasteiger partial charge is 0.573 e. The summed E-state index contributed by atoms with van der Waals surface area (Å²) < 4.78 is 63.5. The number of aromatic nitrogens is 1. The van der Waals surface area contributed by atoms with Crippen LogP contribution in [0.4, 0.5) is 22.0 Å². The molecule has 0 saturated carbocycles. The highest BCUT2D eigenvalue weighted by molar-refractivity contribution is 9.10. The molecule has 0 aliphatic rings. The number of hydrogen-bond donors (Lipinski definition) is 0. The molecule has 16 heavy (non-hydrogen) atoms. The van der Waals surface area contributed by atoms with Crippen LogP contribution in [0.15, 0.2) is 10.7 Å². The number of hydrogen-bond acceptors (Lipinski definition) is 2. The van der Waals surface area contributed by atoms with Gasteiger partial charge in [-0.3, -0.25) is 0 Å². The second-order valence-electron chi connectivity index (χ2n) is 2.48. The third-order valence-electron chi connectivity index (χ3n) is 1.38. The van der Waals surface area contributed by atoms with Crippen LogP contribution in [-0.2, 0) is 0 Å². The van der Waals surface area contributed by atoms with Crippen molar-refractivity contribution in [2.24, 2.45) is 0 Å². The van der Waals surface area contributed by atoms with Crippen LogP contribution >= 0.6 is 27.5 Å². The Kier molecular flexibility index (Phi) is 3.95. The molecule has 1 aromatic rings. The van der Waals surface area contributed by atoms with Gasteiger partial charge in [0.2, 0.25) is 0 Å². The molecule has 0 aliphatic heterocycles. The van der Waals surface area contributed by atoms with Gasteiger partial charge in [-0.2, -0.15) is 0 Å². The van der Waals surface area contributed by atoms with Crippen molar-refractivity contribution < 1.29 is 26.7 Å². The van der Waals surface area contributed by atoms with Crippen molar-refractivity contribution in [3.63, 3.8) is 0 Å². The number of nitrogens with zero attached hydrogens (tertiary/aromatic N) is 1. The summed E-state index contributed by atoms with van der Waals surface area (Å²) in [6, 6.07) is 0. The fraction of sp³-hybridized carbons (Fsp3) is 0.286. The van der Waals surface area contributed by atoms with Gasteiger partial charge in [-0.05, 0) is 15.9 Å². The van der Waals surface area contributed by atoms with Crippen molar-refractivity contribution in [1.29, 1.82) is 0 Å². The highest BCUT2D eigenvalue weighted by atomic mass is 79.9. The molecule has 0 fully saturated rings. The third kappa shape index (κ3) is 3.18. The molecular weight excluding hydrogens is 324 g/mol. The first-order chi connectivity index (χ1) is 7.22. The lowest BCUT2D eigenvalue weighted by Crippen LogP contribution is -2.19. The Morgan fingerprint density at radius 3 is 2.38 bits per heavy atom. The summed E-state index contributed by atoms with van der Waals surface area (Å²) in [5.74, 6) is -1.13. The first-order valence-electron chi connectivity index (χ1n) is 3.60. The third-order valence-corrected chi connectivity index (χ3v) is 2.69. The normalized spacial score (nSPS) is 12.0. The van der Waals surface area contributed by atoms with Crippen LogP contribution in [0.1, 0.15) is 12.1 Å². The molecule has 0 unspecified atom stereocenters. The van der Waals surface area contributed by atoms with E-state index in [1.807, 2.05) is 0 Å². The molecule has 2 nitrogen and oxygen atoms in total. The van der Waals surface area contributed by atoms with Crippen LogP contribution in [0.2, 0.25) is 5.02 Å². The molecule has 0 radical (unpaired) electrons. The van der Waals surface area contributed by atoms with E-state index in [-0.39, 0.29) is 5.02 Å². The summed E-state index contributed by atoms with van der Waals surface area (Å²) in [5.41, 5.74) is -1.13. The molecule has 0 atom stereocenters. The molecule has 0 N–H and O–H groups in total. The zero-order valence-corrected chi connectivity index (χ0v) is 9.50. The molecule has 1 heterocycles. The van der Waals surface area contributed by atoms with Crippen LogP contribution in [0, 0.1) is 0 Å². The van der Waals surface area contributed by atoms with Crippen molar-refractivity contribution in [2.45, 2.75) is 12.8 Å². The second-order valence-corrected chi connectivity index (χ2v) is 3.68. The first kappa shape index (κ1) is 13.4. The van der Waals surface area contributed by atoms with E-state index in [2.05, 4.69) is 25.7 Å². The van der Waals surface area contributed by atoms with E-state index in [4.69, 9.17) is 11.6 Å². The van der Waals surface area contributed by atoms with Gasteiger partial charge >= 0.3 is 6.36 Å². The van der Waals surface area contributed by atoms with Gasteiger partial charge in [0.05, 0.1) is 9.50 Å². The predicted molar refractivity (Wildman–Crippen MR) is 48.6 cm³/mol. The van der Waals surface area contributed by atoms with Crippen molar-refractivity contribution in [2.75, 3.05) is 0 Å². The zero-order chi connectivity index (χ0) is 12.5. The lowest BCUT2D eigenvalue weighted by atomic mass is 10.3. The van der Waals surface area contributed by atoms with Gasteiger partial charge in [0.1, 0.15) is 5.69 Å². The molecule has 0 aliphatic carbocycles. The summed E-state index contributed by atoms with van der Waals surface area (Å²) >= 11 is 8.04. The van der Waals surface area contributed by atoms with Crippen LogP contribution in [-0.4, -0.2) is 11.3 Å². The summed E-state index contributed by atoms with van der Waals surface area (Å²) in [6.07, 6.45) is -7.50. The number of halogens is 7. The van der Waals surface area contributed by atoms with E-state index in [0.29, 0.717) is 0 Å². The van der Waals surface area contributed by atoms with Crippen molar-refractivity contribution in [3.8, 4) is 5.75 Å². The first-order valence-corrected chi connectivity index (χ1v) is 4.77. The number of alkyl halides is 5. The lowest BCUT2D eigenvalue weighted by Gasteiger charge is -2.14. The van der Waals surface area contributed by atoms with Gasteiger partial charge in [0.25, 0.3) is 6.43 Å². The zero-order valence-electron chi connectivity index (χ0n) is 7.16. The van der Waals surface area contributed by atoms with Gasteiger partial charge < -0.3 is 4.74 Å². The average Bonchev–Trinajstić information content (AvgIpc) is 2.10. The highest BCUT2D eigenvalue weighted by Gasteiger charge is 2.35. The Balaban J connectivity index is 3.26. The minimum atomic E-state index is -5.10. The van der Waals surface area contributed by atoms with E-state index >= 15 is 0 Å². The van der Waals surface area contributed by atoms with Crippen molar-refractivity contribution >= 4 is 27.5 Å². The van der Waals surface area contributed by atoms with E-state index < -0.39 is 28.7 Å². The molecule has 0 aromatic carbocycles. The van der Waals surface area contributed by atoms with Gasteiger partial charge in [0.15, 0.2) is 5.75 Å². The minimum absolute atomic E-state index is 0.261. The number of rotatable bonds is 2. The summed E-state index contributed by atoms with van der Waals surface area (Å²) in [6.45, 7) is 0. The Hall–Kier alpha value is -0.630. The molecule has 0 spiro atoms. The smallest absolute Gasteiger partial charge is 0.402 e. The Bertz CT molecular complexity index is 397. The van der Waals surface area contributed by atoms with Gasteiger partial charge in [-0.25, -0.2) is 13.8 Å². The summed E-state index contributed by atoms with van der Waals surface area (Å²) in [5, 5.41) is -0.261. The molecular formula is C7H2BrClF5NO. The Morgan fingerprint density at radius 2 is 1.94 bits per heavy atom. The quantitative estimate of drug-likeness (QED) is 0.755. The van der Waals surface area contributed by atoms with Gasteiger partial charge in [-0.1, -0.05) is 11.6 Å². The topological polar surface area (TPSA) is 22.1 Å². The van der Waals surface area contributed by atoms with Crippen LogP contribution < -0.4 is 4.74 Å². The Morgan fingerprint density at radius 1 is 1.38 bits per heavy atom. The lowest BCUT2D eigenvalue weighted by molar-refractivity contribution is -0.275. The van der Waals surface area contributed by atoms with Crippen LogP contribution in [0.3, 0.4) is 0 Å². The van der Waals surface area contributed by atoms with E-state index in [9.17, 15) is 22.0 Å². The molecule has 1 aromatic heterocycles. The van der Waals surface area contributed by atoms with Crippen LogP contribution in [0.25, 0.3) is 0 Å². The monoisotopic (exact) mass is 325 g/mol. The standard InChI is InChI=1S/C7H2BrClF5NO/c8-3-2(9)1-15-4(6(10)11)5(3)16-7(12,13)14/h1,6H. The summed E-state index contributed by atoms with van der Waals surface area (Å²) in [4.78, 5) is 3.09. The molecule has 0 amide bonds. The molecule has 0 saturated heterocycles. The summed E-state index contributed by atoms with van der Waals surface area (Å²) in [7, 11) is 0. The maximum atomic E-state index is 12.3. The Labute approximate surface area is 99.5 Å². The highest BCUT2D eigenvalue weighted by Crippen LogP contribution is 2.40. The van der Waals surface area contributed by atoms with Gasteiger partial charge in [0, 0.05) is 6.20 Å². The maximum absolute atomic E-state index is 12.3. The molecule has 9 heteroatoms. The second kappa shape index (κ2) is 4.70. The van der Waals surface area contributed by atoms with E-state index in [0.717, 1.165) is 6.20 Å². The van der Waals surface area contributed by atoms with Gasteiger partial charge in [-0.15, -0.1) is 13.2 Å². The average molecular weight is 326 g/mol. The minimum Gasteiger partial charge on any atom is -0.402 e. The number of ether oxygens (including phenoxy) is 1. The van der Waals surface area contributed by atoms with Crippen molar-refractivity contribution in [3.05, 3.63) is 21.4 Å². The fourth-order valence-corrected chi connectivity index (χ4v) is 1.35.